The van der Waals surface area contributed by atoms with Gasteiger partial charge in [0.15, 0.2) is 0 Å². The number of halogens is 1. The second-order valence-electron chi connectivity index (χ2n) is 8.60. The third kappa shape index (κ3) is 4.81. The molecular formula is C26H26ClN3O4. The number of likely N-dealkylation sites (tertiary alicyclic amines) is 1. The van der Waals surface area contributed by atoms with Crippen LogP contribution in [0.15, 0.2) is 59.5 Å². The van der Waals surface area contributed by atoms with E-state index in [1.54, 1.807) is 18.4 Å². The highest BCUT2D eigenvalue weighted by atomic mass is 35.5. The lowest BCUT2D eigenvalue weighted by atomic mass is 9.88. The van der Waals surface area contributed by atoms with Crippen LogP contribution in [0.4, 0.5) is 0 Å². The van der Waals surface area contributed by atoms with Crippen molar-refractivity contribution in [1.82, 2.24) is 14.9 Å². The molecule has 4 aromatic rings. The Morgan fingerprint density at radius 2 is 2.12 bits per heavy atom. The van der Waals surface area contributed by atoms with Crippen molar-refractivity contribution in [2.45, 2.75) is 25.2 Å². The highest BCUT2D eigenvalue weighted by Gasteiger charge is 2.24. The van der Waals surface area contributed by atoms with Crippen LogP contribution in [0.5, 0.6) is 5.75 Å². The van der Waals surface area contributed by atoms with Crippen LogP contribution in [0.1, 0.15) is 46.0 Å². The Kier molecular flexibility index (Phi) is 6.56. The summed E-state index contributed by atoms with van der Waals surface area (Å²) in [7, 11) is 0. The number of piperidine rings is 1. The van der Waals surface area contributed by atoms with Crippen LogP contribution >= 0.6 is 11.6 Å². The number of benzene rings is 1. The molecule has 1 aromatic carbocycles. The van der Waals surface area contributed by atoms with E-state index in [2.05, 4.69) is 27.1 Å². The zero-order valence-corrected chi connectivity index (χ0v) is 19.4. The smallest absolute Gasteiger partial charge is 0.339 e. The largest absolute Gasteiger partial charge is 0.491 e. The Labute approximate surface area is 202 Å². The molecule has 1 aliphatic rings. The van der Waals surface area contributed by atoms with Crippen LogP contribution in [0.2, 0.25) is 5.02 Å². The monoisotopic (exact) mass is 479 g/mol. The number of aromatic nitrogens is 2. The number of hydrogen-bond donors (Lipinski definition) is 2. The molecule has 2 N–H and O–H groups in total. The van der Waals surface area contributed by atoms with Crippen molar-refractivity contribution >= 4 is 28.6 Å². The number of aromatic amines is 1. The predicted molar refractivity (Wildman–Crippen MR) is 130 cm³/mol. The molecule has 4 heterocycles. The van der Waals surface area contributed by atoms with Gasteiger partial charge in [-0.3, -0.25) is 4.90 Å². The number of fused-ring (bicyclic) bond motifs is 1. The summed E-state index contributed by atoms with van der Waals surface area (Å²) in [4.78, 5) is 21.7. The number of carbonyl (C=O) groups is 1. The topological polar surface area (TPSA) is 91.6 Å². The number of H-pyrrole nitrogens is 1. The Hall–Kier alpha value is -3.29. The summed E-state index contributed by atoms with van der Waals surface area (Å²) in [6.07, 6.45) is 8.49. The number of nitrogens with one attached hydrogen (secondary N) is 1. The van der Waals surface area contributed by atoms with E-state index in [4.69, 9.17) is 20.8 Å². The molecule has 1 saturated heterocycles. The van der Waals surface area contributed by atoms with Crippen LogP contribution in [0.25, 0.3) is 11.0 Å². The summed E-state index contributed by atoms with van der Waals surface area (Å²) in [5, 5.41) is 11.0. The van der Waals surface area contributed by atoms with Crippen LogP contribution in [-0.4, -0.2) is 52.2 Å². The fourth-order valence-corrected chi connectivity index (χ4v) is 4.93. The van der Waals surface area contributed by atoms with Gasteiger partial charge in [0, 0.05) is 35.8 Å². The van der Waals surface area contributed by atoms with Crippen molar-refractivity contribution in [3.05, 3.63) is 82.5 Å². The molecule has 0 aliphatic carbocycles. The van der Waals surface area contributed by atoms with Crippen molar-refractivity contribution in [3.63, 3.8) is 0 Å². The lowest BCUT2D eigenvalue weighted by molar-refractivity contribution is 0.0691. The molecule has 0 spiro atoms. The van der Waals surface area contributed by atoms with Gasteiger partial charge in [0.1, 0.15) is 29.3 Å². The molecule has 34 heavy (non-hydrogen) atoms. The minimum atomic E-state index is -1.02. The number of aromatic carboxylic acids is 1. The fourth-order valence-electron chi connectivity index (χ4n) is 4.77. The van der Waals surface area contributed by atoms with Crippen molar-refractivity contribution in [1.29, 1.82) is 0 Å². The van der Waals surface area contributed by atoms with Crippen molar-refractivity contribution < 1.29 is 19.1 Å². The molecule has 0 atom stereocenters. The van der Waals surface area contributed by atoms with E-state index < -0.39 is 5.97 Å². The van der Waals surface area contributed by atoms with Crippen LogP contribution in [0.3, 0.4) is 0 Å². The number of pyridine rings is 1. The lowest BCUT2D eigenvalue weighted by Gasteiger charge is -2.32. The van der Waals surface area contributed by atoms with E-state index in [1.807, 2.05) is 18.3 Å². The Bertz CT molecular complexity index is 1280. The zero-order valence-electron chi connectivity index (χ0n) is 18.7. The van der Waals surface area contributed by atoms with Gasteiger partial charge in [-0.05, 0) is 79.4 Å². The third-order valence-corrected chi connectivity index (χ3v) is 6.74. The molecule has 0 bridgehead atoms. The lowest BCUT2D eigenvalue weighted by Crippen LogP contribution is -2.35. The summed E-state index contributed by atoms with van der Waals surface area (Å²) in [6, 6.07) is 10.6. The molecule has 5 rings (SSSR count). The summed E-state index contributed by atoms with van der Waals surface area (Å²) in [5.74, 6) is 0.689. The highest BCUT2D eigenvalue weighted by Crippen LogP contribution is 2.35. The quantitative estimate of drug-likeness (QED) is 0.353. The highest BCUT2D eigenvalue weighted by molar-refractivity contribution is 6.30. The zero-order chi connectivity index (χ0) is 23.5. The van der Waals surface area contributed by atoms with Gasteiger partial charge < -0.3 is 19.2 Å². The second kappa shape index (κ2) is 9.91. The summed E-state index contributed by atoms with van der Waals surface area (Å²) < 4.78 is 11.3. The first kappa shape index (κ1) is 22.5. The predicted octanol–water partition coefficient (Wildman–Crippen LogP) is 5.36. The maximum Gasteiger partial charge on any atom is 0.339 e. The van der Waals surface area contributed by atoms with Gasteiger partial charge in [-0.15, -0.1) is 0 Å². The molecule has 1 fully saturated rings. The molecule has 1 aliphatic heterocycles. The molecular weight excluding hydrogens is 454 g/mol. The van der Waals surface area contributed by atoms with E-state index in [0.29, 0.717) is 23.3 Å². The number of hydrogen-bond acceptors (Lipinski definition) is 5. The number of carboxylic acid groups (broad SMARTS) is 1. The van der Waals surface area contributed by atoms with Gasteiger partial charge >= 0.3 is 5.97 Å². The van der Waals surface area contributed by atoms with Gasteiger partial charge in [-0.25, -0.2) is 9.78 Å². The summed E-state index contributed by atoms with van der Waals surface area (Å²) >= 11 is 6.01. The van der Waals surface area contributed by atoms with Crippen molar-refractivity contribution in [3.8, 4) is 5.75 Å². The molecule has 0 saturated carbocycles. The number of carboxylic acids is 1. The van der Waals surface area contributed by atoms with Crippen molar-refractivity contribution in [2.24, 2.45) is 0 Å². The van der Waals surface area contributed by atoms with Crippen molar-refractivity contribution in [2.75, 3.05) is 26.2 Å². The third-order valence-electron chi connectivity index (χ3n) is 6.50. The molecule has 0 unspecified atom stereocenters. The Morgan fingerprint density at radius 3 is 2.88 bits per heavy atom. The van der Waals surface area contributed by atoms with E-state index >= 15 is 0 Å². The van der Waals surface area contributed by atoms with E-state index in [1.165, 1.54) is 22.6 Å². The normalized spacial score (nSPS) is 15.1. The van der Waals surface area contributed by atoms with Gasteiger partial charge in [-0.1, -0.05) is 11.6 Å². The average Bonchev–Trinajstić information content (AvgIpc) is 3.50. The first-order chi connectivity index (χ1) is 16.6. The molecule has 3 aromatic heterocycles. The van der Waals surface area contributed by atoms with Crippen LogP contribution in [0, 0.1) is 0 Å². The van der Waals surface area contributed by atoms with Gasteiger partial charge in [-0.2, -0.15) is 0 Å². The Balaban J connectivity index is 1.21. The van der Waals surface area contributed by atoms with E-state index in [-0.39, 0.29) is 5.56 Å². The molecule has 7 nitrogen and oxygen atoms in total. The standard InChI is InChI=1S/C26H26ClN3O4/c27-19-3-4-21(26(31)32)23(15-19)34-13-11-30-9-6-17(7-10-30)22-16-29-25-24(22)18(5-8-28-25)14-20-2-1-12-33-20/h1-5,8,12,15-17H,6-7,9-11,13-14H2,(H,28,29)(H,31,32). The van der Waals surface area contributed by atoms with Gasteiger partial charge in [0.25, 0.3) is 0 Å². The summed E-state index contributed by atoms with van der Waals surface area (Å²) in [5.41, 5.74) is 3.60. The maximum absolute atomic E-state index is 11.4. The number of nitrogens with zero attached hydrogens (tertiary/aromatic N) is 2. The first-order valence-electron chi connectivity index (χ1n) is 11.4. The number of ether oxygens (including phenoxy) is 1. The minimum absolute atomic E-state index is 0.126. The maximum atomic E-state index is 11.4. The van der Waals surface area contributed by atoms with Gasteiger partial charge in [0.2, 0.25) is 0 Å². The van der Waals surface area contributed by atoms with E-state index in [9.17, 15) is 9.90 Å². The SMILES string of the molecule is O=C(O)c1ccc(Cl)cc1OCCN1CCC(c2c[nH]c3nccc(Cc4ccco4)c23)CC1. The van der Waals surface area contributed by atoms with Gasteiger partial charge in [0.05, 0.1) is 6.26 Å². The fraction of sp³-hybridized carbons (Fsp3) is 0.308. The first-order valence-corrected chi connectivity index (χ1v) is 11.8. The van der Waals surface area contributed by atoms with Crippen LogP contribution < -0.4 is 4.74 Å². The average molecular weight is 480 g/mol. The minimum Gasteiger partial charge on any atom is -0.491 e. The number of furan rings is 1. The molecule has 0 radical (unpaired) electrons. The second-order valence-corrected chi connectivity index (χ2v) is 9.04. The van der Waals surface area contributed by atoms with Crippen LogP contribution in [-0.2, 0) is 6.42 Å². The molecule has 8 heteroatoms. The summed E-state index contributed by atoms with van der Waals surface area (Å²) in [6.45, 7) is 3.05. The molecule has 0 amide bonds. The number of rotatable bonds is 8. The molecule has 176 valence electrons. The van der Waals surface area contributed by atoms with E-state index in [0.717, 1.165) is 50.3 Å². The Morgan fingerprint density at radius 1 is 1.26 bits per heavy atom.